The summed E-state index contributed by atoms with van der Waals surface area (Å²) in [4.78, 5) is 10.8. The van der Waals surface area contributed by atoms with Gasteiger partial charge in [-0.3, -0.25) is 4.79 Å². The Labute approximate surface area is 72.4 Å². The first-order chi connectivity index (χ1) is 5.24. The molecule has 3 heteroatoms. The molecule has 11 heavy (non-hydrogen) atoms. The Morgan fingerprint density at radius 1 is 1.73 bits per heavy atom. The summed E-state index contributed by atoms with van der Waals surface area (Å²) in [5, 5.41) is 3.06. The molecule has 1 unspecified atom stereocenters. The van der Waals surface area contributed by atoms with Crippen molar-refractivity contribution >= 4 is 17.7 Å². The van der Waals surface area contributed by atoms with E-state index >= 15 is 0 Å². The zero-order valence-electron chi connectivity index (χ0n) is 7.09. The summed E-state index contributed by atoms with van der Waals surface area (Å²) in [6, 6.07) is 0. The molecule has 0 rings (SSSR count). The second-order valence-electron chi connectivity index (χ2n) is 2.06. The summed E-state index contributed by atoms with van der Waals surface area (Å²) in [7, 11) is 0. The molecule has 0 aromatic rings. The molecule has 0 bridgehead atoms. The second kappa shape index (κ2) is 6.28. The van der Waals surface area contributed by atoms with Gasteiger partial charge >= 0.3 is 0 Å². The summed E-state index contributed by atoms with van der Waals surface area (Å²) < 4.78 is 0. The Morgan fingerprint density at radius 3 is 2.73 bits per heavy atom. The van der Waals surface area contributed by atoms with Gasteiger partial charge in [0.25, 0.3) is 0 Å². The van der Waals surface area contributed by atoms with Gasteiger partial charge < -0.3 is 5.32 Å². The summed E-state index contributed by atoms with van der Waals surface area (Å²) >= 11 is 1.74. The van der Waals surface area contributed by atoms with Crippen molar-refractivity contribution < 1.29 is 4.79 Å². The van der Waals surface area contributed by atoms with E-state index in [2.05, 4.69) is 25.7 Å². The van der Waals surface area contributed by atoms with Crippen molar-refractivity contribution in [1.29, 1.82) is 0 Å². The van der Waals surface area contributed by atoms with E-state index in [1.54, 1.807) is 11.8 Å². The number of hydrogen-bond acceptors (Lipinski definition) is 2. The number of amides is 1. The highest BCUT2D eigenvalue weighted by Crippen LogP contribution is 2.10. The third-order valence-electron chi connectivity index (χ3n) is 1.23. The summed E-state index contributed by atoms with van der Waals surface area (Å²) in [6.45, 7) is 7.52. The maximum absolute atomic E-state index is 10.8. The van der Waals surface area contributed by atoms with Crippen molar-refractivity contribution in [2.75, 3.05) is 5.75 Å². The van der Waals surface area contributed by atoms with Gasteiger partial charge in [0.2, 0.25) is 5.91 Å². The minimum absolute atomic E-state index is 0.0854. The van der Waals surface area contributed by atoms with E-state index in [0.717, 1.165) is 12.2 Å². The highest BCUT2D eigenvalue weighted by molar-refractivity contribution is 7.99. The molecule has 0 spiro atoms. The molecule has 0 saturated carbocycles. The molecule has 1 atom stereocenters. The van der Waals surface area contributed by atoms with Crippen LogP contribution in [0.3, 0.4) is 0 Å². The molecule has 0 radical (unpaired) electrons. The molecule has 2 nitrogen and oxygen atoms in total. The number of hydrogen-bond donors (Lipinski definition) is 1. The van der Waals surface area contributed by atoms with Crippen LogP contribution in [0.5, 0.6) is 0 Å². The fourth-order valence-electron chi connectivity index (χ4n) is 0.680. The van der Waals surface area contributed by atoms with Gasteiger partial charge in [-0.25, -0.2) is 0 Å². The van der Waals surface area contributed by atoms with Crippen LogP contribution >= 0.6 is 11.8 Å². The fourth-order valence-corrected chi connectivity index (χ4v) is 1.52. The monoisotopic (exact) mass is 173 g/mol. The van der Waals surface area contributed by atoms with Crippen molar-refractivity contribution in [3.8, 4) is 0 Å². The molecular formula is C8H15NOS. The Hall–Kier alpha value is -0.440. The Kier molecular flexibility index (Phi) is 6.03. The number of carbonyl (C=O) groups is 1. The van der Waals surface area contributed by atoms with Gasteiger partial charge in [0.1, 0.15) is 0 Å². The van der Waals surface area contributed by atoms with Crippen LogP contribution in [0.25, 0.3) is 0 Å². The van der Waals surface area contributed by atoms with Crippen LogP contribution in [-0.2, 0) is 4.79 Å². The van der Waals surface area contributed by atoms with E-state index < -0.39 is 0 Å². The molecule has 64 valence electrons. The Bertz CT molecular complexity index is 136. The molecule has 0 aliphatic heterocycles. The van der Waals surface area contributed by atoms with Crippen LogP contribution in [0.4, 0.5) is 0 Å². The van der Waals surface area contributed by atoms with Crippen molar-refractivity contribution in [3.63, 3.8) is 0 Å². The van der Waals surface area contributed by atoms with Crippen LogP contribution in [0.1, 0.15) is 20.3 Å². The standard InChI is InChI=1S/C8H15NOS/c1-4-7(10)9-8(5-2)11-6-3/h4,8H,1,5-6H2,2-3H3,(H,9,10). The average molecular weight is 173 g/mol. The van der Waals surface area contributed by atoms with Crippen LogP contribution in [-0.4, -0.2) is 17.0 Å². The van der Waals surface area contributed by atoms with Crippen LogP contribution < -0.4 is 5.32 Å². The lowest BCUT2D eigenvalue weighted by Crippen LogP contribution is -2.30. The van der Waals surface area contributed by atoms with Gasteiger partial charge in [0, 0.05) is 0 Å². The molecule has 0 aromatic carbocycles. The summed E-state index contributed by atoms with van der Waals surface area (Å²) in [6.07, 6.45) is 2.26. The van der Waals surface area contributed by atoms with Crippen molar-refractivity contribution in [2.24, 2.45) is 0 Å². The van der Waals surface area contributed by atoms with E-state index in [1.165, 1.54) is 6.08 Å². The number of nitrogens with one attached hydrogen (secondary N) is 1. The second-order valence-corrected chi connectivity index (χ2v) is 3.54. The van der Waals surface area contributed by atoms with E-state index in [-0.39, 0.29) is 11.3 Å². The van der Waals surface area contributed by atoms with E-state index in [4.69, 9.17) is 0 Å². The Balaban J connectivity index is 3.67. The average Bonchev–Trinajstić information content (AvgIpc) is 2.03. The van der Waals surface area contributed by atoms with Crippen LogP contribution in [0, 0.1) is 0 Å². The molecule has 0 aliphatic rings. The van der Waals surface area contributed by atoms with E-state index in [0.29, 0.717) is 0 Å². The largest absolute Gasteiger partial charge is 0.341 e. The predicted octanol–water partition coefficient (Wildman–Crippen LogP) is 1.78. The quantitative estimate of drug-likeness (QED) is 0.507. The van der Waals surface area contributed by atoms with Gasteiger partial charge in [0.05, 0.1) is 5.37 Å². The van der Waals surface area contributed by atoms with Crippen molar-refractivity contribution in [3.05, 3.63) is 12.7 Å². The number of carbonyl (C=O) groups excluding carboxylic acids is 1. The molecule has 0 aromatic heterocycles. The highest BCUT2D eigenvalue weighted by Gasteiger charge is 2.05. The predicted molar refractivity (Wildman–Crippen MR) is 50.6 cm³/mol. The highest BCUT2D eigenvalue weighted by atomic mass is 32.2. The van der Waals surface area contributed by atoms with Crippen molar-refractivity contribution in [1.82, 2.24) is 5.32 Å². The maximum atomic E-state index is 10.8. The van der Waals surface area contributed by atoms with Gasteiger partial charge in [-0.1, -0.05) is 20.4 Å². The van der Waals surface area contributed by atoms with Crippen LogP contribution in [0.15, 0.2) is 12.7 Å². The number of thioether (sulfide) groups is 1. The SMILES string of the molecule is C=CC(=O)NC(CC)SCC. The van der Waals surface area contributed by atoms with Gasteiger partial charge in [-0.05, 0) is 18.2 Å². The van der Waals surface area contributed by atoms with E-state index in [9.17, 15) is 4.79 Å². The first-order valence-corrected chi connectivity index (χ1v) is 4.84. The van der Waals surface area contributed by atoms with Gasteiger partial charge in [-0.2, -0.15) is 0 Å². The molecule has 0 saturated heterocycles. The molecule has 1 amide bonds. The zero-order valence-corrected chi connectivity index (χ0v) is 7.91. The number of rotatable bonds is 5. The first kappa shape index (κ1) is 10.6. The molecule has 0 aliphatic carbocycles. The third kappa shape index (κ3) is 4.90. The normalized spacial score (nSPS) is 12.2. The maximum Gasteiger partial charge on any atom is 0.244 e. The summed E-state index contributed by atoms with van der Waals surface area (Å²) in [5.41, 5.74) is 0. The van der Waals surface area contributed by atoms with Crippen molar-refractivity contribution in [2.45, 2.75) is 25.6 Å². The third-order valence-corrected chi connectivity index (χ3v) is 2.41. The smallest absolute Gasteiger partial charge is 0.244 e. The van der Waals surface area contributed by atoms with E-state index in [1.807, 2.05) is 0 Å². The molecular weight excluding hydrogens is 158 g/mol. The Morgan fingerprint density at radius 2 is 2.36 bits per heavy atom. The summed E-state index contributed by atoms with van der Waals surface area (Å²) in [5.74, 6) is 0.938. The molecule has 1 N–H and O–H groups in total. The lowest BCUT2D eigenvalue weighted by Gasteiger charge is -2.13. The van der Waals surface area contributed by atoms with Crippen LogP contribution in [0.2, 0.25) is 0 Å². The minimum Gasteiger partial charge on any atom is -0.341 e. The first-order valence-electron chi connectivity index (χ1n) is 3.79. The molecule has 0 fully saturated rings. The lowest BCUT2D eigenvalue weighted by atomic mass is 10.4. The van der Waals surface area contributed by atoms with Gasteiger partial charge in [-0.15, -0.1) is 11.8 Å². The zero-order chi connectivity index (χ0) is 8.69. The minimum atomic E-state index is -0.0854. The molecule has 0 heterocycles. The lowest BCUT2D eigenvalue weighted by molar-refractivity contribution is -0.116. The van der Waals surface area contributed by atoms with Gasteiger partial charge in [0.15, 0.2) is 0 Å². The topological polar surface area (TPSA) is 29.1 Å². The fraction of sp³-hybridized carbons (Fsp3) is 0.625.